The van der Waals surface area contributed by atoms with Crippen molar-refractivity contribution in [3.05, 3.63) is 261 Å². The Kier molecular flexibility index (Phi) is 9.15. The molecule has 328 valence electrons. The predicted octanol–water partition coefficient (Wildman–Crippen LogP) is 12.8. The van der Waals surface area contributed by atoms with Gasteiger partial charge in [-0.15, -0.1) is 0 Å². The van der Waals surface area contributed by atoms with Gasteiger partial charge in [0.2, 0.25) is 0 Å². The molecule has 0 saturated carbocycles. The lowest BCUT2D eigenvalue weighted by atomic mass is 10.2. The molecule has 0 spiro atoms. The summed E-state index contributed by atoms with van der Waals surface area (Å²) in [6.07, 6.45) is 0. The maximum absolute atomic E-state index is 5.61. The van der Waals surface area contributed by atoms with Crippen LogP contribution in [-0.2, 0) is 0 Å². The molecule has 4 aromatic heterocycles. The summed E-state index contributed by atoms with van der Waals surface area (Å²) < 4.78 is 7.05. The lowest BCUT2D eigenvalue weighted by molar-refractivity contribution is 0.994. The largest absolute Gasteiger partial charge is 0.309 e. The molecule has 14 rings (SSSR count). The molecular formula is C64H43N5Si. The summed E-state index contributed by atoms with van der Waals surface area (Å²) in [6, 6.07) is 95.1. The summed E-state index contributed by atoms with van der Waals surface area (Å²) in [5.74, 6) is 2.26. The van der Waals surface area contributed by atoms with Crippen LogP contribution in [0.5, 0.6) is 0 Å². The number of hydrogen-bond donors (Lipinski definition) is 0. The molecule has 0 radical (unpaired) electrons. The molecule has 5 nitrogen and oxygen atoms in total. The van der Waals surface area contributed by atoms with Gasteiger partial charge < -0.3 is 4.57 Å². The van der Waals surface area contributed by atoms with Crippen molar-refractivity contribution in [3.63, 3.8) is 0 Å². The standard InChI is InChI=1S/C64H43N5Si/c1-3-23-46(24-4-1)70(47-25-5-2-6-26-47,49-28-20-22-45(42-49)67-56-35-13-7-29-50(56)51-30-8-14-36-57(51)67)48-27-19-21-44(41-48)64-65-62(68-58-37-15-9-31-52(58)53-32-10-16-38-59(53)68)43-63(66-64)69-60-39-17-11-33-54(60)55-34-12-18-40-61(55)69/h1-43H. The lowest BCUT2D eigenvalue weighted by Gasteiger charge is -2.35. The Morgan fingerprint density at radius 3 is 1.00 bits per heavy atom. The third-order valence-corrected chi connectivity index (χ3v) is 19.2. The number of rotatable bonds is 8. The second-order valence-corrected chi connectivity index (χ2v) is 21.9. The minimum absolute atomic E-state index is 0.654. The molecule has 0 fully saturated rings. The van der Waals surface area contributed by atoms with E-state index < -0.39 is 8.07 Å². The van der Waals surface area contributed by atoms with E-state index in [1.165, 1.54) is 64.1 Å². The fourth-order valence-corrected chi connectivity index (χ4v) is 16.3. The van der Waals surface area contributed by atoms with E-state index in [2.05, 4.69) is 275 Å². The smallest absolute Gasteiger partial charge is 0.179 e. The van der Waals surface area contributed by atoms with Crippen LogP contribution in [0.4, 0.5) is 0 Å². The highest BCUT2D eigenvalue weighted by atomic mass is 28.3. The summed E-state index contributed by atoms with van der Waals surface area (Å²) >= 11 is 0. The van der Waals surface area contributed by atoms with Crippen LogP contribution >= 0.6 is 0 Å². The van der Waals surface area contributed by atoms with E-state index in [9.17, 15) is 0 Å². The van der Waals surface area contributed by atoms with Gasteiger partial charge in [0.1, 0.15) is 11.6 Å². The molecular weight excluding hydrogens is 867 g/mol. The number of nitrogens with zero attached hydrogens (tertiary/aromatic N) is 5. The molecule has 4 heterocycles. The van der Waals surface area contributed by atoms with E-state index >= 15 is 0 Å². The Morgan fingerprint density at radius 2 is 0.586 bits per heavy atom. The van der Waals surface area contributed by atoms with Crippen molar-refractivity contribution in [2.75, 3.05) is 0 Å². The van der Waals surface area contributed by atoms with Crippen molar-refractivity contribution >= 4 is 94.2 Å². The maximum atomic E-state index is 5.61. The topological polar surface area (TPSA) is 40.6 Å². The first-order valence-electron chi connectivity index (χ1n) is 23.9. The molecule has 0 saturated heterocycles. The molecule has 0 unspecified atom stereocenters. The van der Waals surface area contributed by atoms with Gasteiger partial charge in [-0.25, -0.2) is 9.97 Å². The van der Waals surface area contributed by atoms with Crippen LogP contribution in [0.2, 0.25) is 0 Å². The van der Waals surface area contributed by atoms with Gasteiger partial charge in [0.15, 0.2) is 13.9 Å². The van der Waals surface area contributed by atoms with Gasteiger partial charge in [-0.05, 0) is 69.3 Å². The number of aromatic nitrogens is 5. The highest BCUT2D eigenvalue weighted by Gasteiger charge is 2.42. The average Bonchev–Trinajstić information content (AvgIpc) is 4.08. The van der Waals surface area contributed by atoms with Crippen LogP contribution in [0.25, 0.3) is 94.1 Å². The lowest BCUT2D eigenvalue weighted by Crippen LogP contribution is -2.74. The van der Waals surface area contributed by atoms with Crippen LogP contribution in [0.15, 0.2) is 261 Å². The van der Waals surface area contributed by atoms with Gasteiger partial charge in [0.25, 0.3) is 0 Å². The van der Waals surface area contributed by atoms with E-state index in [1.54, 1.807) is 0 Å². The predicted molar refractivity (Wildman–Crippen MR) is 294 cm³/mol. The molecule has 0 amide bonds. The molecule has 0 atom stereocenters. The van der Waals surface area contributed by atoms with E-state index in [4.69, 9.17) is 9.97 Å². The third kappa shape index (κ3) is 6.03. The zero-order valence-corrected chi connectivity index (χ0v) is 39.1. The van der Waals surface area contributed by atoms with E-state index in [-0.39, 0.29) is 0 Å². The molecule has 70 heavy (non-hydrogen) atoms. The Hall–Kier alpha value is -9.10. The van der Waals surface area contributed by atoms with Gasteiger partial charge >= 0.3 is 0 Å². The zero-order chi connectivity index (χ0) is 46.2. The second kappa shape index (κ2) is 16.0. The van der Waals surface area contributed by atoms with Crippen molar-refractivity contribution in [2.45, 2.75) is 0 Å². The van der Waals surface area contributed by atoms with Crippen molar-refractivity contribution in [1.29, 1.82) is 0 Å². The van der Waals surface area contributed by atoms with Gasteiger partial charge in [0.05, 0.1) is 33.1 Å². The Bertz CT molecular complexity index is 3990. The van der Waals surface area contributed by atoms with Gasteiger partial charge in [0, 0.05) is 49.6 Å². The quantitative estimate of drug-likeness (QED) is 0.113. The van der Waals surface area contributed by atoms with Crippen LogP contribution in [0, 0.1) is 0 Å². The monoisotopic (exact) mass is 909 g/mol. The van der Waals surface area contributed by atoms with Crippen LogP contribution in [0.3, 0.4) is 0 Å². The van der Waals surface area contributed by atoms with E-state index in [0.29, 0.717) is 5.82 Å². The van der Waals surface area contributed by atoms with Crippen LogP contribution in [-0.4, -0.2) is 31.7 Å². The van der Waals surface area contributed by atoms with E-state index in [0.717, 1.165) is 45.0 Å². The van der Waals surface area contributed by atoms with Crippen molar-refractivity contribution in [1.82, 2.24) is 23.7 Å². The van der Waals surface area contributed by atoms with Gasteiger partial charge in [-0.2, -0.15) is 0 Å². The first-order valence-corrected chi connectivity index (χ1v) is 25.9. The minimum Gasteiger partial charge on any atom is -0.309 e. The Labute approximate surface area is 405 Å². The van der Waals surface area contributed by atoms with Gasteiger partial charge in [-0.3, -0.25) is 9.13 Å². The number of benzene rings is 10. The van der Waals surface area contributed by atoms with Crippen LogP contribution < -0.4 is 20.7 Å². The summed E-state index contributed by atoms with van der Waals surface area (Å²) in [4.78, 5) is 11.2. The molecule has 0 aliphatic rings. The zero-order valence-electron chi connectivity index (χ0n) is 38.1. The maximum Gasteiger partial charge on any atom is 0.179 e. The summed E-state index contributed by atoms with van der Waals surface area (Å²) in [5.41, 5.74) is 8.84. The fraction of sp³-hybridized carbons (Fsp3) is 0. The van der Waals surface area contributed by atoms with Crippen LogP contribution in [0.1, 0.15) is 0 Å². The summed E-state index contributed by atoms with van der Waals surface area (Å²) in [5, 5.41) is 12.3. The van der Waals surface area contributed by atoms with E-state index in [1.807, 2.05) is 0 Å². The molecule has 0 bridgehead atoms. The number of fused-ring (bicyclic) bond motifs is 9. The Morgan fingerprint density at radius 1 is 0.257 bits per heavy atom. The van der Waals surface area contributed by atoms with Crippen molar-refractivity contribution in [3.8, 4) is 28.7 Å². The average molecular weight is 910 g/mol. The first-order chi connectivity index (χ1) is 34.7. The third-order valence-electron chi connectivity index (χ3n) is 14.4. The summed E-state index contributed by atoms with van der Waals surface area (Å²) in [6.45, 7) is 0. The summed E-state index contributed by atoms with van der Waals surface area (Å²) in [7, 11) is -3.10. The second-order valence-electron chi connectivity index (χ2n) is 18.1. The number of para-hydroxylation sites is 6. The highest BCUT2D eigenvalue weighted by Crippen LogP contribution is 2.36. The van der Waals surface area contributed by atoms with Gasteiger partial charge in [-0.1, -0.05) is 206 Å². The molecule has 0 N–H and O–H groups in total. The molecule has 14 aromatic rings. The molecule has 6 heteroatoms. The molecule has 10 aromatic carbocycles. The molecule has 0 aliphatic carbocycles. The normalized spacial score (nSPS) is 12.0. The van der Waals surface area contributed by atoms with Crippen molar-refractivity contribution < 1.29 is 0 Å². The fourth-order valence-electron chi connectivity index (χ4n) is 11.5. The Balaban J connectivity index is 1.05. The SMILES string of the molecule is c1ccc([Si](c2ccccc2)(c2cccc(-c3nc(-n4c5ccccc5c5ccccc54)cc(-n4c5ccccc5c5ccccc54)n3)c2)c2cccc(-n3c4ccccc4c4ccccc43)c2)cc1. The molecule has 0 aliphatic heterocycles. The first kappa shape index (κ1) is 40.0. The number of hydrogen-bond acceptors (Lipinski definition) is 2. The van der Waals surface area contributed by atoms with Crippen molar-refractivity contribution in [2.24, 2.45) is 0 Å². The minimum atomic E-state index is -3.10. The highest BCUT2D eigenvalue weighted by molar-refractivity contribution is 7.20.